The van der Waals surface area contributed by atoms with Crippen molar-refractivity contribution in [2.24, 2.45) is 5.73 Å². The zero-order valence-corrected chi connectivity index (χ0v) is 13.0. The highest BCUT2D eigenvalue weighted by Crippen LogP contribution is 2.31. The number of amides is 1. The third kappa shape index (κ3) is 2.26. The van der Waals surface area contributed by atoms with Crippen LogP contribution in [0.25, 0.3) is 10.9 Å². The summed E-state index contributed by atoms with van der Waals surface area (Å²) in [4.78, 5) is 15.9. The average Bonchev–Trinajstić information content (AvgIpc) is 2.98. The SMILES string of the molecule is Cc1ccc(S(=O)(=O)N2CCCC2C(N)=O)c2cccnc12. The van der Waals surface area contributed by atoms with E-state index in [1.165, 1.54) is 4.31 Å². The molecule has 0 spiro atoms. The molecule has 0 radical (unpaired) electrons. The summed E-state index contributed by atoms with van der Waals surface area (Å²) in [6.45, 7) is 2.19. The number of carbonyl (C=O) groups is 1. The molecule has 1 fully saturated rings. The number of primary amides is 1. The summed E-state index contributed by atoms with van der Waals surface area (Å²) >= 11 is 0. The molecule has 1 aliphatic heterocycles. The number of aromatic nitrogens is 1. The van der Waals surface area contributed by atoms with E-state index in [1.54, 1.807) is 30.5 Å². The number of hydrogen-bond acceptors (Lipinski definition) is 4. The minimum absolute atomic E-state index is 0.175. The first-order valence-corrected chi connectivity index (χ1v) is 8.52. The molecular formula is C15H17N3O3S. The predicted octanol–water partition coefficient (Wildman–Crippen LogP) is 1.18. The lowest BCUT2D eigenvalue weighted by molar-refractivity contribution is -0.121. The smallest absolute Gasteiger partial charge is 0.244 e. The fraction of sp³-hybridized carbons (Fsp3) is 0.333. The second-order valence-corrected chi connectivity index (χ2v) is 7.32. The van der Waals surface area contributed by atoms with E-state index in [4.69, 9.17) is 5.73 Å². The summed E-state index contributed by atoms with van der Waals surface area (Å²) in [6, 6.07) is 5.98. The van der Waals surface area contributed by atoms with Crippen LogP contribution in [0.15, 0.2) is 35.4 Å². The van der Waals surface area contributed by atoms with Gasteiger partial charge in [-0.1, -0.05) is 6.07 Å². The van der Waals surface area contributed by atoms with Gasteiger partial charge in [0.2, 0.25) is 15.9 Å². The van der Waals surface area contributed by atoms with E-state index in [1.807, 2.05) is 6.92 Å². The van der Waals surface area contributed by atoms with Crippen LogP contribution in [0.4, 0.5) is 0 Å². The largest absolute Gasteiger partial charge is 0.368 e. The molecule has 1 aromatic carbocycles. The van der Waals surface area contributed by atoms with Gasteiger partial charge in [0.25, 0.3) is 0 Å². The molecule has 1 unspecified atom stereocenters. The summed E-state index contributed by atoms with van der Waals surface area (Å²) < 4.78 is 27.1. The molecule has 0 saturated carbocycles. The maximum Gasteiger partial charge on any atom is 0.244 e. The number of pyridine rings is 1. The standard InChI is InChI=1S/C15H17N3O3S/c1-10-6-7-13(11-4-2-8-17-14(10)11)22(20,21)18-9-3-5-12(18)15(16)19/h2,4,6-8,12H,3,5,9H2,1H3,(H2,16,19). The Morgan fingerprint density at radius 2 is 2.14 bits per heavy atom. The van der Waals surface area contributed by atoms with Crippen molar-refractivity contribution in [1.29, 1.82) is 0 Å². The fourth-order valence-electron chi connectivity index (χ4n) is 2.95. The van der Waals surface area contributed by atoms with Crippen molar-refractivity contribution >= 4 is 26.8 Å². The van der Waals surface area contributed by atoms with E-state index in [9.17, 15) is 13.2 Å². The monoisotopic (exact) mass is 319 g/mol. The zero-order valence-electron chi connectivity index (χ0n) is 12.2. The van der Waals surface area contributed by atoms with Crippen LogP contribution in [0.1, 0.15) is 18.4 Å². The van der Waals surface area contributed by atoms with Crippen LogP contribution in [0.2, 0.25) is 0 Å². The molecule has 7 heteroatoms. The molecule has 0 aliphatic carbocycles. The summed E-state index contributed by atoms with van der Waals surface area (Å²) in [7, 11) is -3.78. The molecule has 1 atom stereocenters. The van der Waals surface area contributed by atoms with Gasteiger partial charge in [0.1, 0.15) is 6.04 Å². The van der Waals surface area contributed by atoms with Gasteiger partial charge in [-0.15, -0.1) is 0 Å². The van der Waals surface area contributed by atoms with Gasteiger partial charge in [0.05, 0.1) is 10.4 Å². The van der Waals surface area contributed by atoms with Crippen LogP contribution >= 0.6 is 0 Å². The summed E-state index contributed by atoms with van der Waals surface area (Å²) in [5, 5.41) is 0.567. The van der Waals surface area contributed by atoms with Crippen molar-refractivity contribution in [1.82, 2.24) is 9.29 Å². The normalized spacial score (nSPS) is 19.6. The molecule has 0 bridgehead atoms. The van der Waals surface area contributed by atoms with Crippen LogP contribution in [0.3, 0.4) is 0 Å². The molecule has 2 heterocycles. The number of sulfonamides is 1. The van der Waals surface area contributed by atoms with Gasteiger partial charge in [-0.05, 0) is 43.5 Å². The van der Waals surface area contributed by atoms with Gasteiger partial charge < -0.3 is 5.73 Å². The number of hydrogen-bond donors (Lipinski definition) is 1. The van der Waals surface area contributed by atoms with Gasteiger partial charge in [-0.3, -0.25) is 9.78 Å². The lowest BCUT2D eigenvalue weighted by atomic mass is 10.1. The Kier molecular flexibility index (Phi) is 3.62. The van der Waals surface area contributed by atoms with E-state index in [0.717, 1.165) is 5.56 Å². The van der Waals surface area contributed by atoms with Crippen molar-refractivity contribution in [2.45, 2.75) is 30.7 Å². The Morgan fingerprint density at radius 3 is 2.86 bits per heavy atom. The highest BCUT2D eigenvalue weighted by atomic mass is 32.2. The van der Waals surface area contributed by atoms with Crippen LogP contribution in [-0.2, 0) is 14.8 Å². The Hall–Kier alpha value is -1.99. The van der Waals surface area contributed by atoms with Crippen molar-refractivity contribution in [3.63, 3.8) is 0 Å². The molecule has 1 saturated heterocycles. The Balaban J connectivity index is 2.18. The topological polar surface area (TPSA) is 93.4 Å². The Bertz CT molecular complexity index is 848. The van der Waals surface area contributed by atoms with Gasteiger partial charge in [0.15, 0.2) is 0 Å². The second-order valence-electron chi connectivity index (χ2n) is 5.46. The zero-order chi connectivity index (χ0) is 15.9. The molecule has 1 amide bonds. The minimum Gasteiger partial charge on any atom is -0.368 e. The van der Waals surface area contributed by atoms with Crippen LogP contribution in [0.5, 0.6) is 0 Å². The third-order valence-electron chi connectivity index (χ3n) is 4.05. The highest BCUT2D eigenvalue weighted by Gasteiger charge is 2.39. The van der Waals surface area contributed by atoms with Crippen LogP contribution < -0.4 is 5.73 Å². The van der Waals surface area contributed by atoms with Crippen molar-refractivity contribution in [2.75, 3.05) is 6.54 Å². The Morgan fingerprint density at radius 1 is 1.36 bits per heavy atom. The predicted molar refractivity (Wildman–Crippen MR) is 82.6 cm³/mol. The van der Waals surface area contributed by atoms with Gasteiger partial charge in [-0.25, -0.2) is 8.42 Å². The number of nitrogens with two attached hydrogens (primary N) is 1. The first-order chi connectivity index (χ1) is 10.4. The van der Waals surface area contributed by atoms with E-state index in [2.05, 4.69) is 4.98 Å². The van der Waals surface area contributed by atoms with Crippen molar-refractivity contribution < 1.29 is 13.2 Å². The minimum atomic E-state index is -3.78. The quantitative estimate of drug-likeness (QED) is 0.919. The molecule has 116 valence electrons. The van der Waals surface area contributed by atoms with Gasteiger partial charge in [-0.2, -0.15) is 4.31 Å². The summed E-state index contributed by atoms with van der Waals surface area (Å²) in [5.74, 6) is -0.601. The van der Waals surface area contributed by atoms with Crippen molar-refractivity contribution in [3.8, 4) is 0 Å². The number of rotatable bonds is 3. The maximum absolute atomic E-state index is 13.0. The molecule has 3 rings (SSSR count). The first kappa shape index (κ1) is 14.9. The number of nitrogens with zero attached hydrogens (tertiary/aromatic N) is 2. The van der Waals surface area contributed by atoms with E-state index < -0.39 is 22.0 Å². The Labute approximate surface area is 129 Å². The highest BCUT2D eigenvalue weighted by molar-refractivity contribution is 7.89. The van der Waals surface area contributed by atoms with Crippen LogP contribution in [-0.4, -0.2) is 36.2 Å². The molecule has 6 nitrogen and oxygen atoms in total. The van der Waals surface area contributed by atoms with Gasteiger partial charge >= 0.3 is 0 Å². The molecule has 2 aromatic rings. The van der Waals surface area contributed by atoms with E-state index >= 15 is 0 Å². The van der Waals surface area contributed by atoms with E-state index in [-0.39, 0.29) is 4.90 Å². The summed E-state index contributed by atoms with van der Waals surface area (Å²) in [5.41, 5.74) is 6.90. The number of benzene rings is 1. The second kappa shape index (κ2) is 5.33. The lowest BCUT2D eigenvalue weighted by Gasteiger charge is -2.22. The number of carbonyl (C=O) groups excluding carboxylic acids is 1. The van der Waals surface area contributed by atoms with Crippen LogP contribution in [0, 0.1) is 6.92 Å². The molecule has 1 aromatic heterocycles. The molecule has 2 N–H and O–H groups in total. The first-order valence-electron chi connectivity index (χ1n) is 7.08. The lowest BCUT2D eigenvalue weighted by Crippen LogP contribution is -2.43. The summed E-state index contributed by atoms with van der Waals surface area (Å²) in [6.07, 6.45) is 2.74. The van der Waals surface area contributed by atoms with Crippen molar-refractivity contribution in [3.05, 3.63) is 36.0 Å². The van der Waals surface area contributed by atoms with E-state index in [0.29, 0.717) is 30.3 Å². The fourth-order valence-corrected chi connectivity index (χ4v) is 4.80. The number of aryl methyl sites for hydroxylation is 1. The average molecular weight is 319 g/mol. The molecule has 1 aliphatic rings. The maximum atomic E-state index is 13.0. The molecule has 22 heavy (non-hydrogen) atoms. The number of fused-ring (bicyclic) bond motifs is 1. The third-order valence-corrected chi connectivity index (χ3v) is 6.02. The van der Waals surface area contributed by atoms with Gasteiger partial charge in [0, 0.05) is 18.1 Å². The molecular weight excluding hydrogens is 302 g/mol.